The van der Waals surface area contributed by atoms with E-state index in [2.05, 4.69) is 26.3 Å². The van der Waals surface area contributed by atoms with Crippen LogP contribution in [-0.4, -0.2) is 30.0 Å². The van der Waals surface area contributed by atoms with Gasteiger partial charge in [0.15, 0.2) is 0 Å². The second-order valence-corrected chi connectivity index (χ2v) is 5.46. The van der Waals surface area contributed by atoms with Crippen LogP contribution in [0.1, 0.15) is 24.2 Å². The van der Waals surface area contributed by atoms with Gasteiger partial charge in [0.05, 0.1) is 35.6 Å². The maximum atomic E-state index is 14.2. The van der Waals surface area contributed by atoms with E-state index in [1.54, 1.807) is 25.4 Å². The largest absolute Gasteiger partial charge is 0.383 e. The quantitative estimate of drug-likeness (QED) is 0.829. The first kappa shape index (κ1) is 16.1. The van der Waals surface area contributed by atoms with Gasteiger partial charge in [0.1, 0.15) is 5.82 Å². The number of methoxy groups -OCH3 is 1. The van der Waals surface area contributed by atoms with E-state index in [1.807, 2.05) is 17.7 Å². The first-order valence-corrected chi connectivity index (χ1v) is 7.66. The molecule has 0 saturated carbocycles. The van der Waals surface area contributed by atoms with Gasteiger partial charge in [-0.05, 0) is 28.5 Å². The molecule has 0 spiro atoms. The number of benzene rings is 1. The van der Waals surface area contributed by atoms with Crippen LogP contribution in [0, 0.1) is 5.82 Å². The molecule has 2 rings (SSSR count). The van der Waals surface area contributed by atoms with Crippen molar-refractivity contribution in [2.24, 2.45) is 0 Å². The van der Waals surface area contributed by atoms with Gasteiger partial charge in [-0.3, -0.25) is 4.68 Å². The Balaban J connectivity index is 2.43. The van der Waals surface area contributed by atoms with E-state index >= 15 is 0 Å². The molecule has 0 fully saturated rings. The maximum absolute atomic E-state index is 14.2. The summed E-state index contributed by atoms with van der Waals surface area (Å²) < 4.78 is 22.0. The number of ether oxygens (including phenoxy) is 1. The number of hydrogen-bond acceptors (Lipinski definition) is 3. The van der Waals surface area contributed by atoms with Crippen molar-refractivity contribution >= 4 is 15.9 Å². The minimum absolute atomic E-state index is 0.227. The highest BCUT2D eigenvalue weighted by Crippen LogP contribution is 2.30. The highest BCUT2D eigenvalue weighted by molar-refractivity contribution is 9.10. The Morgan fingerprint density at radius 3 is 2.86 bits per heavy atom. The van der Waals surface area contributed by atoms with Crippen molar-refractivity contribution in [3.05, 3.63) is 52.0 Å². The zero-order valence-corrected chi connectivity index (χ0v) is 13.7. The van der Waals surface area contributed by atoms with Gasteiger partial charge in [-0.25, -0.2) is 4.39 Å². The minimum Gasteiger partial charge on any atom is -0.383 e. The topological polar surface area (TPSA) is 39.1 Å². The molecule has 0 amide bonds. The van der Waals surface area contributed by atoms with Crippen molar-refractivity contribution in [2.75, 3.05) is 20.3 Å². The second-order valence-electron chi connectivity index (χ2n) is 4.61. The van der Waals surface area contributed by atoms with Gasteiger partial charge in [-0.1, -0.05) is 25.1 Å². The summed E-state index contributed by atoms with van der Waals surface area (Å²) in [5.41, 5.74) is 1.51. The number of nitrogens with one attached hydrogen (secondary N) is 1. The van der Waals surface area contributed by atoms with Crippen molar-refractivity contribution in [3.8, 4) is 0 Å². The van der Waals surface area contributed by atoms with Gasteiger partial charge in [0, 0.05) is 12.7 Å². The van der Waals surface area contributed by atoms with E-state index in [0.29, 0.717) is 18.7 Å². The molecule has 0 bridgehead atoms. The second kappa shape index (κ2) is 7.68. The number of nitrogens with zero attached hydrogens (tertiary/aromatic N) is 2. The zero-order valence-electron chi connectivity index (χ0n) is 12.1. The van der Waals surface area contributed by atoms with Crippen molar-refractivity contribution in [3.63, 3.8) is 0 Å². The highest BCUT2D eigenvalue weighted by atomic mass is 79.9. The molecule has 114 valence electrons. The summed E-state index contributed by atoms with van der Waals surface area (Å²) in [6.45, 7) is 3.89. The summed E-state index contributed by atoms with van der Waals surface area (Å²) in [4.78, 5) is 0. The van der Waals surface area contributed by atoms with Crippen LogP contribution in [0.3, 0.4) is 0 Å². The van der Waals surface area contributed by atoms with E-state index in [0.717, 1.165) is 16.7 Å². The molecule has 21 heavy (non-hydrogen) atoms. The number of aromatic nitrogens is 2. The molecule has 0 aliphatic rings. The molecule has 0 saturated heterocycles. The maximum Gasteiger partial charge on any atom is 0.128 e. The Morgan fingerprint density at radius 2 is 2.19 bits per heavy atom. The predicted molar refractivity (Wildman–Crippen MR) is 83.7 cm³/mol. The van der Waals surface area contributed by atoms with Gasteiger partial charge in [-0.15, -0.1) is 0 Å². The van der Waals surface area contributed by atoms with E-state index in [9.17, 15) is 4.39 Å². The van der Waals surface area contributed by atoms with Crippen molar-refractivity contribution in [1.29, 1.82) is 0 Å². The Hall–Kier alpha value is -1.24. The van der Waals surface area contributed by atoms with Gasteiger partial charge in [0.2, 0.25) is 0 Å². The number of rotatable bonds is 7. The molecular weight excluding hydrogens is 337 g/mol. The number of hydrogen-bond donors (Lipinski definition) is 1. The predicted octanol–water partition coefficient (Wildman–Crippen LogP) is 3.13. The summed E-state index contributed by atoms with van der Waals surface area (Å²) in [5.74, 6) is -0.227. The van der Waals surface area contributed by atoms with E-state index in [4.69, 9.17) is 4.74 Å². The smallest absolute Gasteiger partial charge is 0.128 e. The fraction of sp³-hybridized carbons (Fsp3) is 0.400. The van der Waals surface area contributed by atoms with Gasteiger partial charge in [-0.2, -0.15) is 5.10 Å². The summed E-state index contributed by atoms with van der Waals surface area (Å²) in [6.07, 6.45) is 1.73. The fourth-order valence-electron chi connectivity index (χ4n) is 2.28. The first-order valence-electron chi connectivity index (χ1n) is 6.87. The summed E-state index contributed by atoms with van der Waals surface area (Å²) >= 11 is 3.51. The van der Waals surface area contributed by atoms with Crippen LogP contribution < -0.4 is 5.32 Å². The third kappa shape index (κ3) is 3.70. The van der Waals surface area contributed by atoms with Crippen LogP contribution in [0.2, 0.25) is 0 Å². The van der Waals surface area contributed by atoms with Crippen LogP contribution in [0.15, 0.2) is 34.9 Å². The van der Waals surface area contributed by atoms with Gasteiger partial charge < -0.3 is 10.1 Å². The molecule has 1 N–H and O–H groups in total. The van der Waals surface area contributed by atoms with Crippen molar-refractivity contribution in [2.45, 2.75) is 19.5 Å². The van der Waals surface area contributed by atoms with Gasteiger partial charge >= 0.3 is 0 Å². The van der Waals surface area contributed by atoms with Crippen molar-refractivity contribution in [1.82, 2.24) is 15.1 Å². The molecule has 1 aromatic heterocycles. The Kier molecular flexibility index (Phi) is 5.90. The lowest BCUT2D eigenvalue weighted by atomic mass is 10.0. The van der Waals surface area contributed by atoms with Crippen LogP contribution in [-0.2, 0) is 11.3 Å². The highest BCUT2D eigenvalue weighted by Gasteiger charge is 2.23. The molecule has 1 unspecified atom stereocenters. The summed E-state index contributed by atoms with van der Waals surface area (Å²) in [5, 5.41) is 7.67. The molecular formula is C15H19BrFN3O. The molecule has 0 aliphatic carbocycles. The van der Waals surface area contributed by atoms with E-state index in [-0.39, 0.29) is 11.9 Å². The SMILES string of the molecule is CCNC(c1ccccc1F)c1c(Br)cnn1CCOC. The Bertz CT molecular complexity index is 588. The Labute approximate surface area is 132 Å². The molecule has 1 atom stereocenters. The van der Waals surface area contributed by atoms with Crippen LogP contribution in [0.25, 0.3) is 0 Å². The Morgan fingerprint density at radius 1 is 1.43 bits per heavy atom. The molecule has 2 aromatic rings. The summed E-state index contributed by atoms with van der Waals surface area (Å²) in [7, 11) is 1.65. The monoisotopic (exact) mass is 355 g/mol. The first-order chi connectivity index (χ1) is 10.2. The molecule has 0 aliphatic heterocycles. The molecule has 1 heterocycles. The van der Waals surface area contributed by atoms with Crippen molar-refractivity contribution < 1.29 is 9.13 Å². The average Bonchev–Trinajstić information content (AvgIpc) is 2.84. The molecule has 0 radical (unpaired) electrons. The fourth-order valence-corrected chi connectivity index (χ4v) is 2.81. The zero-order chi connectivity index (χ0) is 15.2. The normalized spacial score (nSPS) is 12.6. The lowest BCUT2D eigenvalue weighted by Crippen LogP contribution is -2.26. The van der Waals surface area contributed by atoms with Crippen LogP contribution in [0.4, 0.5) is 4.39 Å². The third-order valence-electron chi connectivity index (χ3n) is 3.24. The third-order valence-corrected chi connectivity index (χ3v) is 3.85. The lowest BCUT2D eigenvalue weighted by molar-refractivity contribution is 0.182. The van der Waals surface area contributed by atoms with Crippen LogP contribution >= 0.6 is 15.9 Å². The molecule has 1 aromatic carbocycles. The lowest BCUT2D eigenvalue weighted by Gasteiger charge is -2.21. The number of halogens is 2. The molecule has 4 nitrogen and oxygen atoms in total. The van der Waals surface area contributed by atoms with Crippen LogP contribution in [0.5, 0.6) is 0 Å². The van der Waals surface area contributed by atoms with E-state index in [1.165, 1.54) is 6.07 Å². The minimum atomic E-state index is -0.259. The average molecular weight is 356 g/mol. The van der Waals surface area contributed by atoms with Gasteiger partial charge in [0.25, 0.3) is 0 Å². The van der Waals surface area contributed by atoms with E-state index < -0.39 is 0 Å². The standard InChI is InChI=1S/C15H19BrFN3O/c1-3-18-14(11-6-4-5-7-13(11)17)15-12(16)10-19-20(15)8-9-21-2/h4-7,10,14,18H,3,8-9H2,1-2H3. The summed E-state index contributed by atoms with van der Waals surface area (Å²) in [6, 6.07) is 6.54. The molecule has 6 heteroatoms.